The lowest BCUT2D eigenvalue weighted by Gasteiger charge is -2.59. The summed E-state index contributed by atoms with van der Waals surface area (Å²) in [6.45, 7) is 4.52. The Bertz CT molecular complexity index is 1020. The molecule has 7 atom stereocenters. The van der Waals surface area contributed by atoms with Crippen molar-refractivity contribution in [1.82, 2.24) is 4.90 Å². The van der Waals surface area contributed by atoms with Crippen LogP contribution in [0.5, 0.6) is 0 Å². The van der Waals surface area contributed by atoms with E-state index >= 15 is 0 Å². The number of nitrogens with one attached hydrogen (secondary N) is 1. The van der Waals surface area contributed by atoms with E-state index in [1.807, 2.05) is 11.9 Å². The third-order valence-electron chi connectivity index (χ3n) is 9.79. The Balaban J connectivity index is 1.36. The first kappa shape index (κ1) is 23.4. The average molecular weight is 475 g/mol. The second-order valence-electron chi connectivity index (χ2n) is 11.3. The molecule has 2 amide bonds. The van der Waals surface area contributed by atoms with Crippen LogP contribution < -0.4 is 5.32 Å². The summed E-state index contributed by atoms with van der Waals surface area (Å²) < 4.78 is 38.6. The number of fused-ring (bicyclic) bond motifs is 5. The van der Waals surface area contributed by atoms with Crippen LogP contribution in [-0.2, 0) is 15.8 Å². The van der Waals surface area contributed by atoms with Crippen molar-refractivity contribution in [3.05, 3.63) is 42.0 Å². The lowest BCUT2D eigenvalue weighted by molar-refractivity contribution is -0.149. The molecule has 4 nitrogen and oxygen atoms in total. The van der Waals surface area contributed by atoms with Crippen LogP contribution in [0.4, 0.5) is 18.9 Å². The zero-order valence-electron chi connectivity index (χ0n) is 20.0. The van der Waals surface area contributed by atoms with Crippen molar-refractivity contribution in [1.29, 1.82) is 0 Å². The van der Waals surface area contributed by atoms with E-state index in [-0.39, 0.29) is 34.6 Å². The fourth-order valence-electron chi connectivity index (χ4n) is 7.92. The smallest absolute Gasteiger partial charge is 0.342 e. The summed E-state index contributed by atoms with van der Waals surface area (Å²) >= 11 is 0. The van der Waals surface area contributed by atoms with E-state index in [0.29, 0.717) is 29.9 Å². The molecule has 1 N–H and O–H groups in total. The van der Waals surface area contributed by atoms with E-state index in [1.54, 1.807) is 0 Å². The van der Waals surface area contributed by atoms with Crippen LogP contribution in [0, 0.1) is 34.5 Å². The molecular formula is C27H33F3N2O2. The van der Waals surface area contributed by atoms with E-state index in [1.165, 1.54) is 12.1 Å². The Morgan fingerprint density at radius 3 is 2.47 bits per heavy atom. The Morgan fingerprint density at radius 1 is 1.09 bits per heavy atom. The summed E-state index contributed by atoms with van der Waals surface area (Å²) in [5, 5.41) is 2.87. The van der Waals surface area contributed by atoms with Crippen molar-refractivity contribution in [2.45, 2.75) is 64.6 Å². The molecule has 7 heteroatoms. The van der Waals surface area contributed by atoms with Gasteiger partial charge in [-0.05, 0) is 79.5 Å². The van der Waals surface area contributed by atoms with E-state index in [9.17, 15) is 22.8 Å². The molecule has 1 heterocycles. The fraction of sp³-hybridized carbons (Fsp3) is 0.630. The van der Waals surface area contributed by atoms with E-state index in [0.717, 1.165) is 44.2 Å². The van der Waals surface area contributed by atoms with Crippen molar-refractivity contribution in [3.8, 4) is 0 Å². The first-order valence-corrected chi connectivity index (χ1v) is 12.4. The van der Waals surface area contributed by atoms with Crippen molar-refractivity contribution < 1.29 is 22.8 Å². The Kier molecular flexibility index (Phi) is 5.41. The molecule has 0 bridgehead atoms. The maximum absolute atomic E-state index is 13.3. The van der Waals surface area contributed by atoms with E-state index in [4.69, 9.17) is 0 Å². The molecule has 5 rings (SSSR count). The van der Waals surface area contributed by atoms with Gasteiger partial charge in [-0.25, -0.2) is 0 Å². The number of amides is 2. The highest BCUT2D eigenvalue weighted by Crippen LogP contribution is 2.63. The van der Waals surface area contributed by atoms with Crippen molar-refractivity contribution in [3.63, 3.8) is 0 Å². The predicted molar refractivity (Wildman–Crippen MR) is 124 cm³/mol. The van der Waals surface area contributed by atoms with Crippen LogP contribution in [0.25, 0.3) is 0 Å². The number of carbonyl (C=O) groups excluding carboxylic acids is 2. The summed E-state index contributed by atoms with van der Waals surface area (Å²) in [6, 6.07) is 4.93. The van der Waals surface area contributed by atoms with Crippen LogP contribution in [-0.4, -0.2) is 29.8 Å². The van der Waals surface area contributed by atoms with Gasteiger partial charge >= 0.3 is 6.18 Å². The van der Waals surface area contributed by atoms with Gasteiger partial charge in [0.05, 0.1) is 5.56 Å². The van der Waals surface area contributed by atoms with E-state index in [2.05, 4.69) is 31.3 Å². The molecule has 1 aromatic rings. The maximum Gasteiger partial charge on any atom is 0.416 e. The molecule has 1 aliphatic heterocycles. The third kappa shape index (κ3) is 3.49. The number of allylic oxidation sites excluding steroid dienone is 2. The Morgan fingerprint density at radius 2 is 1.79 bits per heavy atom. The number of anilines is 1. The van der Waals surface area contributed by atoms with Crippen LogP contribution in [0.2, 0.25) is 0 Å². The van der Waals surface area contributed by atoms with Gasteiger partial charge < -0.3 is 10.2 Å². The maximum atomic E-state index is 13.3. The van der Waals surface area contributed by atoms with Gasteiger partial charge in [0, 0.05) is 36.5 Å². The molecule has 0 spiro atoms. The molecule has 0 unspecified atom stereocenters. The first-order valence-electron chi connectivity index (χ1n) is 12.4. The lowest BCUT2D eigenvalue weighted by atomic mass is 9.49. The number of alkyl halides is 3. The molecule has 4 aliphatic rings. The molecule has 3 aliphatic carbocycles. The van der Waals surface area contributed by atoms with Crippen LogP contribution >= 0.6 is 0 Å². The Hall–Kier alpha value is -2.31. The largest absolute Gasteiger partial charge is 0.416 e. The molecular weight excluding hydrogens is 441 g/mol. The molecule has 0 radical (unpaired) electrons. The number of benzene rings is 1. The average Bonchev–Trinajstić information content (AvgIpc) is 3.14. The van der Waals surface area contributed by atoms with Crippen molar-refractivity contribution in [2.24, 2.45) is 34.5 Å². The topological polar surface area (TPSA) is 49.4 Å². The van der Waals surface area contributed by atoms with Crippen LogP contribution in [0.1, 0.15) is 57.9 Å². The van der Waals surface area contributed by atoms with Gasteiger partial charge in [-0.3, -0.25) is 9.59 Å². The van der Waals surface area contributed by atoms with Gasteiger partial charge in [-0.1, -0.05) is 26.0 Å². The standard InChI is InChI=1S/C27H33F3N2O2/c1-25-14-12-20-18(8-11-22-26(20,2)15-13-23(33)32(22)3)19(25)9-10-21(25)24(34)31-17-6-4-16(5-7-17)27(28,29)30/h4-7,12,14,18-22H,8-11,13,15H2,1-3H3,(H,31,34)/t18-,19-,20-,21+,22+,25-,26+/m0/s1. The first-order chi connectivity index (χ1) is 15.9. The second-order valence-corrected chi connectivity index (χ2v) is 11.3. The van der Waals surface area contributed by atoms with E-state index < -0.39 is 11.7 Å². The summed E-state index contributed by atoms with van der Waals surface area (Å²) in [7, 11) is 1.94. The number of hydrogen-bond acceptors (Lipinski definition) is 2. The monoisotopic (exact) mass is 474 g/mol. The molecule has 34 heavy (non-hydrogen) atoms. The molecule has 184 valence electrons. The van der Waals surface area contributed by atoms with Crippen LogP contribution in [0.3, 0.4) is 0 Å². The number of nitrogens with zero attached hydrogens (tertiary/aromatic N) is 1. The van der Waals surface area contributed by atoms with Gasteiger partial charge in [0.1, 0.15) is 0 Å². The highest BCUT2D eigenvalue weighted by atomic mass is 19.4. The quantitative estimate of drug-likeness (QED) is 0.543. The van der Waals surface area contributed by atoms with Crippen molar-refractivity contribution in [2.75, 3.05) is 12.4 Å². The number of rotatable bonds is 2. The summed E-state index contributed by atoms with van der Waals surface area (Å²) in [5.74, 6) is 1.20. The molecule has 1 saturated heterocycles. The van der Waals surface area contributed by atoms with Crippen molar-refractivity contribution >= 4 is 17.5 Å². The minimum Gasteiger partial charge on any atom is -0.342 e. The summed E-state index contributed by atoms with van der Waals surface area (Å²) in [6.07, 6.45) is 5.52. The zero-order chi connectivity index (χ0) is 24.5. The SMILES string of the molecule is CN1C(=O)CC[C@]2(C)[C@H]3C=C[C@]4(C)[C@@H](C(=O)Nc5ccc(C(F)(F)F)cc5)CC[C@H]4[C@@H]3CC[C@@H]12. The highest BCUT2D eigenvalue weighted by Gasteiger charge is 2.60. The van der Waals surface area contributed by atoms with Gasteiger partial charge in [0.25, 0.3) is 0 Å². The minimum absolute atomic E-state index is 0.0595. The fourth-order valence-corrected chi connectivity index (χ4v) is 7.92. The van der Waals surface area contributed by atoms with Gasteiger partial charge in [0.15, 0.2) is 0 Å². The normalized spacial score (nSPS) is 39.3. The number of halogens is 3. The second kappa shape index (κ2) is 7.85. The number of hydrogen-bond donors (Lipinski definition) is 1. The number of carbonyl (C=O) groups is 2. The molecule has 2 saturated carbocycles. The summed E-state index contributed by atoms with van der Waals surface area (Å²) in [4.78, 5) is 27.6. The predicted octanol–water partition coefficient (Wildman–Crippen LogP) is 5.90. The van der Waals surface area contributed by atoms with Gasteiger partial charge in [0.2, 0.25) is 11.8 Å². The minimum atomic E-state index is -4.39. The summed E-state index contributed by atoms with van der Waals surface area (Å²) in [5.41, 5.74) is -0.537. The van der Waals surface area contributed by atoms with Gasteiger partial charge in [-0.15, -0.1) is 0 Å². The molecule has 0 aromatic heterocycles. The third-order valence-corrected chi connectivity index (χ3v) is 9.79. The van der Waals surface area contributed by atoms with Gasteiger partial charge in [-0.2, -0.15) is 13.2 Å². The molecule has 3 fully saturated rings. The highest BCUT2D eigenvalue weighted by molar-refractivity contribution is 5.93. The molecule has 1 aromatic carbocycles. The van der Waals surface area contributed by atoms with Crippen LogP contribution in [0.15, 0.2) is 36.4 Å². The Labute approximate surface area is 199 Å². The number of likely N-dealkylation sites (tertiary alicyclic amines) is 1. The number of piperidine rings is 1. The zero-order valence-corrected chi connectivity index (χ0v) is 20.0. The lowest BCUT2D eigenvalue weighted by Crippen LogP contribution is -2.60.